The summed E-state index contributed by atoms with van der Waals surface area (Å²) < 4.78 is 2.06. The van der Waals surface area contributed by atoms with Gasteiger partial charge in [0.15, 0.2) is 0 Å². The first kappa shape index (κ1) is 13.7. The molecule has 4 heteroatoms. The summed E-state index contributed by atoms with van der Waals surface area (Å²) in [5.74, 6) is 1.06. The quantitative estimate of drug-likeness (QED) is 0.864. The zero-order valence-electron chi connectivity index (χ0n) is 11.9. The van der Waals surface area contributed by atoms with Gasteiger partial charge in [-0.25, -0.2) is 4.98 Å². The summed E-state index contributed by atoms with van der Waals surface area (Å²) in [5.41, 5.74) is 2.38. The Morgan fingerprint density at radius 2 is 2.11 bits per heavy atom. The number of aromatic nitrogens is 3. The van der Waals surface area contributed by atoms with E-state index in [4.69, 9.17) is 0 Å². The number of likely N-dealkylation sites (N-methyl/N-ethyl adjacent to an activating group) is 1. The Morgan fingerprint density at radius 3 is 2.63 bits per heavy atom. The summed E-state index contributed by atoms with van der Waals surface area (Å²) in [5, 5.41) is 3.48. The molecule has 0 aliphatic carbocycles. The summed E-state index contributed by atoms with van der Waals surface area (Å²) in [6.45, 7) is 5.18. The monoisotopic (exact) mass is 258 g/mol. The first-order valence-electron chi connectivity index (χ1n) is 6.89. The van der Waals surface area contributed by atoms with Gasteiger partial charge < -0.3 is 9.88 Å². The van der Waals surface area contributed by atoms with Gasteiger partial charge in [0.1, 0.15) is 5.82 Å². The molecule has 1 unspecified atom stereocenters. The van der Waals surface area contributed by atoms with Crippen molar-refractivity contribution in [2.75, 3.05) is 6.54 Å². The molecule has 0 saturated carbocycles. The molecule has 2 heterocycles. The predicted molar refractivity (Wildman–Crippen MR) is 76.9 cm³/mol. The maximum absolute atomic E-state index is 4.53. The van der Waals surface area contributed by atoms with E-state index in [1.165, 1.54) is 5.56 Å². The first-order valence-corrected chi connectivity index (χ1v) is 6.89. The van der Waals surface area contributed by atoms with Crippen LogP contribution in [0.5, 0.6) is 0 Å². The van der Waals surface area contributed by atoms with Gasteiger partial charge in [0.05, 0.1) is 6.04 Å². The number of hydrogen-bond acceptors (Lipinski definition) is 3. The van der Waals surface area contributed by atoms with E-state index in [1.54, 1.807) is 0 Å². The molecule has 0 amide bonds. The molecule has 0 aromatic carbocycles. The highest BCUT2D eigenvalue weighted by molar-refractivity contribution is 5.16. The van der Waals surface area contributed by atoms with E-state index in [2.05, 4.69) is 45.8 Å². The summed E-state index contributed by atoms with van der Waals surface area (Å²) in [4.78, 5) is 8.97. The standard InChI is InChI=1S/C15H22N4/c1-4-12-6-7-13(18-11-12)10-14(16-5-2)15-17-8-9-19(15)3/h6-9,11,14,16H,4-5,10H2,1-3H3. The van der Waals surface area contributed by atoms with Crippen molar-refractivity contribution in [2.45, 2.75) is 32.7 Å². The second-order valence-electron chi connectivity index (χ2n) is 4.72. The minimum Gasteiger partial charge on any atom is -0.337 e. The third kappa shape index (κ3) is 3.41. The fourth-order valence-electron chi connectivity index (χ4n) is 2.21. The Bertz CT molecular complexity index is 501. The van der Waals surface area contributed by atoms with E-state index in [-0.39, 0.29) is 6.04 Å². The third-order valence-electron chi connectivity index (χ3n) is 3.33. The average Bonchev–Trinajstić information content (AvgIpc) is 2.85. The molecule has 1 atom stereocenters. The van der Waals surface area contributed by atoms with Gasteiger partial charge in [0, 0.05) is 37.8 Å². The zero-order valence-corrected chi connectivity index (χ0v) is 11.9. The van der Waals surface area contributed by atoms with Crippen molar-refractivity contribution in [3.05, 3.63) is 47.8 Å². The van der Waals surface area contributed by atoms with E-state index in [0.29, 0.717) is 0 Å². The van der Waals surface area contributed by atoms with Gasteiger partial charge in [0.25, 0.3) is 0 Å². The number of imidazole rings is 1. The molecule has 0 aliphatic rings. The van der Waals surface area contributed by atoms with E-state index in [9.17, 15) is 0 Å². The first-order chi connectivity index (χ1) is 9.24. The molecule has 102 valence electrons. The van der Waals surface area contributed by atoms with Crippen molar-refractivity contribution in [2.24, 2.45) is 7.05 Å². The molecule has 2 aromatic rings. The van der Waals surface area contributed by atoms with Gasteiger partial charge >= 0.3 is 0 Å². The van der Waals surface area contributed by atoms with Crippen molar-refractivity contribution in [1.82, 2.24) is 19.9 Å². The predicted octanol–water partition coefficient (Wildman–Crippen LogP) is 2.27. The number of aryl methyl sites for hydroxylation is 2. The number of rotatable bonds is 6. The smallest absolute Gasteiger partial charge is 0.125 e. The van der Waals surface area contributed by atoms with Crippen molar-refractivity contribution >= 4 is 0 Å². The molecular formula is C15H22N4. The maximum atomic E-state index is 4.53. The maximum Gasteiger partial charge on any atom is 0.125 e. The molecular weight excluding hydrogens is 236 g/mol. The van der Waals surface area contributed by atoms with Gasteiger partial charge in [0.2, 0.25) is 0 Å². The van der Waals surface area contributed by atoms with Crippen LogP contribution in [0.4, 0.5) is 0 Å². The van der Waals surface area contributed by atoms with Crippen molar-refractivity contribution in [3.8, 4) is 0 Å². The average molecular weight is 258 g/mol. The fourth-order valence-corrected chi connectivity index (χ4v) is 2.21. The van der Waals surface area contributed by atoms with Crippen molar-refractivity contribution < 1.29 is 0 Å². The number of nitrogens with one attached hydrogen (secondary N) is 1. The zero-order chi connectivity index (χ0) is 13.7. The SMILES string of the molecule is CCNC(Cc1ccc(CC)cn1)c1nccn1C. The van der Waals surface area contributed by atoms with Crippen LogP contribution >= 0.6 is 0 Å². The highest BCUT2D eigenvalue weighted by atomic mass is 15.1. The number of pyridine rings is 1. The lowest BCUT2D eigenvalue weighted by Crippen LogP contribution is -2.26. The molecule has 0 radical (unpaired) electrons. The molecule has 2 rings (SSSR count). The molecule has 0 bridgehead atoms. The Labute approximate surface area is 114 Å². The van der Waals surface area contributed by atoms with Crippen LogP contribution in [0.2, 0.25) is 0 Å². The normalized spacial score (nSPS) is 12.6. The van der Waals surface area contributed by atoms with E-state index in [0.717, 1.165) is 30.9 Å². The Hall–Kier alpha value is -1.68. The highest BCUT2D eigenvalue weighted by Crippen LogP contribution is 2.15. The van der Waals surface area contributed by atoms with Gasteiger partial charge in [-0.15, -0.1) is 0 Å². The minimum atomic E-state index is 0.213. The molecule has 1 N–H and O–H groups in total. The molecule has 0 aliphatic heterocycles. The van der Waals surface area contributed by atoms with Gasteiger partial charge in [-0.3, -0.25) is 4.98 Å². The summed E-state index contributed by atoms with van der Waals surface area (Å²) in [6.07, 6.45) is 7.68. The molecule has 2 aromatic heterocycles. The summed E-state index contributed by atoms with van der Waals surface area (Å²) in [6, 6.07) is 4.49. The van der Waals surface area contributed by atoms with Gasteiger partial charge in [-0.2, -0.15) is 0 Å². The molecule has 19 heavy (non-hydrogen) atoms. The Morgan fingerprint density at radius 1 is 1.26 bits per heavy atom. The largest absolute Gasteiger partial charge is 0.337 e. The lowest BCUT2D eigenvalue weighted by Gasteiger charge is -2.17. The van der Waals surface area contributed by atoms with E-state index < -0.39 is 0 Å². The molecule has 4 nitrogen and oxygen atoms in total. The highest BCUT2D eigenvalue weighted by Gasteiger charge is 2.15. The molecule has 0 fully saturated rings. The Kier molecular flexibility index (Phi) is 4.68. The van der Waals surface area contributed by atoms with Crippen molar-refractivity contribution in [1.29, 1.82) is 0 Å². The number of nitrogens with zero attached hydrogens (tertiary/aromatic N) is 3. The lowest BCUT2D eigenvalue weighted by molar-refractivity contribution is 0.502. The topological polar surface area (TPSA) is 42.7 Å². The summed E-state index contributed by atoms with van der Waals surface area (Å²) in [7, 11) is 2.03. The Balaban J connectivity index is 2.14. The van der Waals surface area contributed by atoms with Crippen LogP contribution in [-0.2, 0) is 19.9 Å². The van der Waals surface area contributed by atoms with Crippen LogP contribution in [0.25, 0.3) is 0 Å². The van der Waals surface area contributed by atoms with Crippen LogP contribution in [0.3, 0.4) is 0 Å². The van der Waals surface area contributed by atoms with E-state index >= 15 is 0 Å². The van der Waals surface area contributed by atoms with Gasteiger partial charge in [-0.1, -0.05) is 19.9 Å². The fraction of sp³-hybridized carbons (Fsp3) is 0.467. The number of hydrogen-bond donors (Lipinski definition) is 1. The lowest BCUT2D eigenvalue weighted by atomic mass is 10.1. The third-order valence-corrected chi connectivity index (χ3v) is 3.33. The second-order valence-corrected chi connectivity index (χ2v) is 4.72. The molecule has 0 saturated heterocycles. The summed E-state index contributed by atoms with van der Waals surface area (Å²) >= 11 is 0. The van der Waals surface area contributed by atoms with Gasteiger partial charge in [-0.05, 0) is 24.6 Å². The van der Waals surface area contributed by atoms with Crippen LogP contribution in [0.1, 0.15) is 37.0 Å². The van der Waals surface area contributed by atoms with Crippen LogP contribution in [0, 0.1) is 0 Å². The van der Waals surface area contributed by atoms with Crippen LogP contribution in [0.15, 0.2) is 30.7 Å². The molecule has 0 spiro atoms. The second kappa shape index (κ2) is 6.48. The van der Waals surface area contributed by atoms with Crippen LogP contribution < -0.4 is 5.32 Å². The van der Waals surface area contributed by atoms with E-state index in [1.807, 2.05) is 25.6 Å². The minimum absolute atomic E-state index is 0.213. The van der Waals surface area contributed by atoms with Crippen molar-refractivity contribution in [3.63, 3.8) is 0 Å². The van der Waals surface area contributed by atoms with Crippen LogP contribution in [-0.4, -0.2) is 21.1 Å².